The number of nitrogens with zero attached hydrogens (tertiary/aromatic N) is 3. The molecule has 0 aromatic carbocycles. The van der Waals surface area contributed by atoms with Crippen molar-refractivity contribution < 1.29 is 9.66 Å². The van der Waals surface area contributed by atoms with Crippen LogP contribution >= 0.6 is 0 Å². The van der Waals surface area contributed by atoms with Crippen LogP contribution in [-0.2, 0) is 0 Å². The number of anilines is 1. The number of hydrogen-bond acceptors (Lipinski definition) is 6. The minimum atomic E-state index is -0.532. The van der Waals surface area contributed by atoms with Gasteiger partial charge in [-0.15, -0.1) is 0 Å². The highest BCUT2D eigenvalue weighted by Crippen LogP contribution is 2.28. The van der Waals surface area contributed by atoms with E-state index in [0.29, 0.717) is 24.8 Å². The Morgan fingerprint density at radius 3 is 2.62 bits per heavy atom. The first-order valence-electron chi connectivity index (χ1n) is 4.99. The van der Waals surface area contributed by atoms with Crippen LogP contribution in [0.2, 0.25) is 0 Å². The molecule has 16 heavy (non-hydrogen) atoms. The summed E-state index contributed by atoms with van der Waals surface area (Å²) >= 11 is 0. The highest BCUT2D eigenvalue weighted by molar-refractivity contribution is 5.48. The maximum atomic E-state index is 10.8. The molecule has 0 fully saturated rings. The second kappa shape index (κ2) is 5.24. The number of hydrogen-bond donors (Lipinski definition) is 1. The van der Waals surface area contributed by atoms with Crippen molar-refractivity contribution in [2.75, 3.05) is 18.5 Å². The van der Waals surface area contributed by atoms with Crippen molar-refractivity contribution in [3.8, 4) is 5.88 Å². The van der Waals surface area contributed by atoms with Gasteiger partial charge >= 0.3 is 5.69 Å². The van der Waals surface area contributed by atoms with Crippen LogP contribution < -0.4 is 10.1 Å². The molecule has 1 heterocycles. The van der Waals surface area contributed by atoms with Gasteiger partial charge < -0.3 is 10.1 Å². The minimum Gasteiger partial charge on any atom is -0.473 e. The molecule has 0 unspecified atom stereocenters. The molecule has 0 amide bonds. The van der Waals surface area contributed by atoms with Crippen LogP contribution in [-0.4, -0.2) is 28.0 Å². The smallest absolute Gasteiger partial charge is 0.352 e. The summed E-state index contributed by atoms with van der Waals surface area (Å²) in [5.74, 6) is 0.352. The summed E-state index contributed by atoms with van der Waals surface area (Å²) in [7, 11) is 0. The molecule has 0 saturated carbocycles. The third-order valence-corrected chi connectivity index (χ3v) is 1.82. The molecule has 1 rings (SSSR count). The van der Waals surface area contributed by atoms with Crippen LogP contribution in [0, 0.1) is 17.0 Å². The van der Waals surface area contributed by atoms with Crippen molar-refractivity contribution in [1.29, 1.82) is 0 Å². The Labute approximate surface area is 93.0 Å². The predicted octanol–water partition coefficient (Wildman–Crippen LogP) is 1.52. The van der Waals surface area contributed by atoms with E-state index in [1.165, 1.54) is 0 Å². The van der Waals surface area contributed by atoms with Gasteiger partial charge in [-0.1, -0.05) is 0 Å². The van der Waals surface area contributed by atoms with E-state index in [4.69, 9.17) is 4.74 Å². The van der Waals surface area contributed by atoms with Crippen molar-refractivity contribution in [2.24, 2.45) is 0 Å². The summed E-state index contributed by atoms with van der Waals surface area (Å²) < 4.78 is 5.13. The summed E-state index contributed by atoms with van der Waals surface area (Å²) in [4.78, 5) is 18.2. The van der Waals surface area contributed by atoms with Crippen molar-refractivity contribution >= 4 is 11.6 Å². The van der Waals surface area contributed by atoms with E-state index in [2.05, 4.69) is 15.3 Å². The largest absolute Gasteiger partial charge is 0.473 e. The highest BCUT2D eigenvalue weighted by atomic mass is 16.6. The Kier molecular flexibility index (Phi) is 3.98. The molecule has 1 aromatic rings. The van der Waals surface area contributed by atoms with E-state index in [9.17, 15) is 10.1 Å². The monoisotopic (exact) mass is 226 g/mol. The van der Waals surface area contributed by atoms with E-state index in [-0.39, 0.29) is 11.6 Å². The molecule has 7 nitrogen and oxygen atoms in total. The molecular formula is C9H14N4O3. The third kappa shape index (κ3) is 2.56. The fourth-order valence-electron chi connectivity index (χ4n) is 1.23. The van der Waals surface area contributed by atoms with Gasteiger partial charge in [0.2, 0.25) is 5.95 Å². The molecular weight excluding hydrogens is 212 g/mol. The molecule has 0 aliphatic heterocycles. The average Bonchev–Trinajstić information content (AvgIpc) is 2.17. The lowest BCUT2D eigenvalue weighted by Crippen LogP contribution is -2.08. The zero-order chi connectivity index (χ0) is 12.1. The molecule has 88 valence electrons. The van der Waals surface area contributed by atoms with E-state index in [0.717, 1.165) is 0 Å². The fraction of sp³-hybridized carbons (Fsp3) is 0.556. The normalized spacial score (nSPS) is 9.94. The lowest BCUT2D eigenvalue weighted by Gasteiger charge is -2.07. The van der Waals surface area contributed by atoms with Crippen molar-refractivity contribution in [1.82, 2.24) is 9.97 Å². The molecule has 0 saturated heterocycles. The summed E-state index contributed by atoms with van der Waals surface area (Å²) in [6.45, 7) is 6.16. The Morgan fingerprint density at radius 2 is 2.12 bits per heavy atom. The topological polar surface area (TPSA) is 90.2 Å². The van der Waals surface area contributed by atoms with Crippen LogP contribution in [0.25, 0.3) is 0 Å². The second-order valence-corrected chi connectivity index (χ2v) is 3.01. The number of aromatic nitrogens is 2. The molecule has 0 spiro atoms. The van der Waals surface area contributed by atoms with E-state index < -0.39 is 4.92 Å². The SMILES string of the molecule is CCNc1nc(C)c([N+](=O)[O-])c(OCC)n1. The Morgan fingerprint density at radius 1 is 1.44 bits per heavy atom. The van der Waals surface area contributed by atoms with Crippen molar-refractivity contribution in [3.63, 3.8) is 0 Å². The number of aryl methyl sites for hydroxylation is 1. The van der Waals surface area contributed by atoms with Gasteiger partial charge in [-0.25, -0.2) is 4.98 Å². The third-order valence-electron chi connectivity index (χ3n) is 1.82. The summed E-state index contributed by atoms with van der Waals surface area (Å²) in [5.41, 5.74) is 0.114. The first-order chi connectivity index (χ1) is 7.60. The minimum absolute atomic E-state index is 0.0101. The van der Waals surface area contributed by atoms with Gasteiger partial charge in [-0.05, 0) is 20.8 Å². The van der Waals surface area contributed by atoms with Crippen LogP contribution in [0.5, 0.6) is 5.88 Å². The zero-order valence-electron chi connectivity index (χ0n) is 9.48. The van der Waals surface area contributed by atoms with Gasteiger partial charge in [-0.2, -0.15) is 4.98 Å². The van der Waals surface area contributed by atoms with Gasteiger partial charge in [-0.3, -0.25) is 10.1 Å². The van der Waals surface area contributed by atoms with Crippen molar-refractivity contribution in [3.05, 3.63) is 15.8 Å². The first kappa shape index (κ1) is 12.2. The first-order valence-corrected chi connectivity index (χ1v) is 4.99. The van der Waals surface area contributed by atoms with E-state index >= 15 is 0 Å². The lowest BCUT2D eigenvalue weighted by molar-refractivity contribution is -0.387. The van der Waals surface area contributed by atoms with Crippen LogP contribution in [0.4, 0.5) is 11.6 Å². The highest BCUT2D eigenvalue weighted by Gasteiger charge is 2.23. The van der Waals surface area contributed by atoms with Crippen molar-refractivity contribution in [2.45, 2.75) is 20.8 Å². The number of ether oxygens (including phenoxy) is 1. The molecule has 0 bridgehead atoms. The van der Waals surface area contributed by atoms with Crippen LogP contribution in [0.15, 0.2) is 0 Å². The van der Waals surface area contributed by atoms with Gasteiger partial charge in [0.1, 0.15) is 5.69 Å². The number of rotatable bonds is 5. The van der Waals surface area contributed by atoms with E-state index in [1.54, 1.807) is 13.8 Å². The standard InChI is InChI=1S/C9H14N4O3/c1-4-10-9-11-6(3)7(13(14)15)8(12-9)16-5-2/h4-5H2,1-3H3,(H,10,11,12). The average molecular weight is 226 g/mol. The number of nitro groups is 1. The second-order valence-electron chi connectivity index (χ2n) is 3.01. The molecule has 1 aromatic heterocycles. The molecule has 0 atom stereocenters. The molecule has 7 heteroatoms. The zero-order valence-corrected chi connectivity index (χ0v) is 9.48. The lowest BCUT2D eigenvalue weighted by atomic mass is 10.3. The number of nitrogens with one attached hydrogen (secondary N) is 1. The molecule has 0 radical (unpaired) electrons. The quantitative estimate of drug-likeness (QED) is 0.604. The molecule has 0 aliphatic rings. The van der Waals surface area contributed by atoms with E-state index in [1.807, 2.05) is 6.92 Å². The van der Waals surface area contributed by atoms with Gasteiger partial charge in [0.15, 0.2) is 0 Å². The van der Waals surface area contributed by atoms with Crippen LogP contribution in [0.3, 0.4) is 0 Å². The van der Waals surface area contributed by atoms with Gasteiger partial charge in [0.25, 0.3) is 5.88 Å². The Hall–Kier alpha value is -1.92. The molecule has 1 N–H and O–H groups in total. The predicted molar refractivity (Wildman–Crippen MR) is 58.8 cm³/mol. The summed E-state index contributed by atoms with van der Waals surface area (Å²) in [6.07, 6.45) is 0. The summed E-state index contributed by atoms with van der Waals surface area (Å²) in [5, 5.41) is 13.7. The van der Waals surface area contributed by atoms with Gasteiger partial charge in [0, 0.05) is 6.54 Å². The maximum Gasteiger partial charge on any atom is 0.352 e. The fourth-order valence-corrected chi connectivity index (χ4v) is 1.23. The Bertz CT molecular complexity index is 395. The Balaban J connectivity index is 3.21. The molecule has 0 aliphatic carbocycles. The maximum absolute atomic E-state index is 10.8. The van der Waals surface area contributed by atoms with Gasteiger partial charge in [0.05, 0.1) is 11.5 Å². The van der Waals surface area contributed by atoms with Crippen LogP contribution in [0.1, 0.15) is 19.5 Å². The summed E-state index contributed by atoms with van der Waals surface area (Å²) in [6, 6.07) is 0.